The van der Waals surface area contributed by atoms with Gasteiger partial charge in [-0.05, 0) is 55.2 Å². The number of hydrogen-bond donors (Lipinski definition) is 0. The number of nitrogens with zero attached hydrogens (tertiary/aromatic N) is 2. The number of hydrogen-bond acceptors (Lipinski definition) is 3. The van der Waals surface area contributed by atoms with Crippen LogP contribution in [0.5, 0.6) is 5.75 Å². The van der Waals surface area contributed by atoms with Gasteiger partial charge in [-0.2, -0.15) is 0 Å². The van der Waals surface area contributed by atoms with Crippen LogP contribution < -0.4 is 14.5 Å². The summed E-state index contributed by atoms with van der Waals surface area (Å²) in [5.74, 6) is 1.05. The zero-order valence-corrected chi connectivity index (χ0v) is 13.1. The van der Waals surface area contributed by atoms with E-state index >= 15 is 0 Å². The standard InChI is InChI=1S/C19H22N2O/c1-20(16-7-9-17(10-8-16)21-11-3-12-21)18-6-5-15-4-2-13-22-19(15)14-18/h5-10,14H,2-4,11-13H2,1H3. The molecule has 22 heavy (non-hydrogen) atoms. The van der Waals surface area contributed by atoms with Gasteiger partial charge in [-0.15, -0.1) is 0 Å². The molecule has 3 heteroatoms. The van der Waals surface area contributed by atoms with Gasteiger partial charge < -0.3 is 14.5 Å². The van der Waals surface area contributed by atoms with Gasteiger partial charge in [0.2, 0.25) is 0 Å². The van der Waals surface area contributed by atoms with Gasteiger partial charge in [-0.25, -0.2) is 0 Å². The smallest absolute Gasteiger partial charge is 0.124 e. The van der Waals surface area contributed by atoms with Crippen molar-refractivity contribution in [2.45, 2.75) is 19.3 Å². The quantitative estimate of drug-likeness (QED) is 0.851. The third kappa shape index (κ3) is 2.41. The highest BCUT2D eigenvalue weighted by molar-refractivity contribution is 5.67. The Labute approximate surface area is 132 Å². The Hall–Kier alpha value is -2.16. The minimum Gasteiger partial charge on any atom is -0.493 e. The fourth-order valence-electron chi connectivity index (χ4n) is 3.15. The monoisotopic (exact) mass is 294 g/mol. The van der Waals surface area contributed by atoms with Gasteiger partial charge in [-0.1, -0.05) is 6.07 Å². The van der Waals surface area contributed by atoms with Crippen molar-refractivity contribution in [2.24, 2.45) is 0 Å². The lowest BCUT2D eigenvalue weighted by Crippen LogP contribution is -2.36. The Morgan fingerprint density at radius 3 is 2.45 bits per heavy atom. The van der Waals surface area contributed by atoms with Crippen LogP contribution in [0.15, 0.2) is 42.5 Å². The second kappa shape index (κ2) is 5.56. The van der Waals surface area contributed by atoms with E-state index in [2.05, 4.69) is 59.3 Å². The van der Waals surface area contributed by atoms with Crippen LogP contribution in [0.2, 0.25) is 0 Å². The van der Waals surface area contributed by atoms with Crippen LogP contribution in [0.25, 0.3) is 0 Å². The summed E-state index contributed by atoms with van der Waals surface area (Å²) in [6.07, 6.45) is 3.57. The average molecular weight is 294 g/mol. The van der Waals surface area contributed by atoms with Crippen molar-refractivity contribution in [2.75, 3.05) is 36.5 Å². The molecule has 4 rings (SSSR count). The average Bonchev–Trinajstić information content (AvgIpc) is 2.53. The zero-order chi connectivity index (χ0) is 14.9. The second-order valence-electron chi connectivity index (χ2n) is 6.16. The SMILES string of the molecule is CN(c1ccc(N2CCC2)cc1)c1ccc2c(c1)OCCC2. The Kier molecular flexibility index (Phi) is 3.41. The summed E-state index contributed by atoms with van der Waals surface area (Å²) in [5.41, 5.74) is 5.05. The molecule has 0 aliphatic carbocycles. The highest BCUT2D eigenvalue weighted by Crippen LogP contribution is 2.33. The van der Waals surface area contributed by atoms with E-state index < -0.39 is 0 Å². The molecular formula is C19H22N2O. The van der Waals surface area contributed by atoms with Crippen LogP contribution in [-0.4, -0.2) is 26.7 Å². The predicted octanol–water partition coefficient (Wildman–Crippen LogP) is 3.99. The summed E-state index contributed by atoms with van der Waals surface area (Å²) >= 11 is 0. The Morgan fingerprint density at radius 1 is 0.955 bits per heavy atom. The van der Waals surface area contributed by atoms with E-state index in [-0.39, 0.29) is 0 Å². The fourth-order valence-corrected chi connectivity index (χ4v) is 3.15. The molecule has 0 N–H and O–H groups in total. The third-order valence-electron chi connectivity index (χ3n) is 4.74. The molecule has 0 amide bonds. The van der Waals surface area contributed by atoms with E-state index in [0.717, 1.165) is 25.2 Å². The molecule has 2 heterocycles. The second-order valence-corrected chi connectivity index (χ2v) is 6.16. The first-order chi connectivity index (χ1) is 10.8. The summed E-state index contributed by atoms with van der Waals surface area (Å²) in [4.78, 5) is 4.63. The van der Waals surface area contributed by atoms with Crippen molar-refractivity contribution in [1.82, 2.24) is 0 Å². The van der Waals surface area contributed by atoms with Gasteiger partial charge in [0.1, 0.15) is 5.75 Å². The summed E-state index contributed by atoms with van der Waals surface area (Å²) in [6.45, 7) is 3.22. The number of benzene rings is 2. The lowest BCUT2D eigenvalue weighted by Gasteiger charge is -2.33. The van der Waals surface area contributed by atoms with E-state index in [0.29, 0.717) is 0 Å². The molecule has 2 aliphatic rings. The lowest BCUT2D eigenvalue weighted by atomic mass is 10.1. The number of aryl methyl sites for hydroxylation is 1. The van der Waals surface area contributed by atoms with Crippen LogP contribution >= 0.6 is 0 Å². The molecule has 0 saturated carbocycles. The Balaban J connectivity index is 1.56. The minimum absolute atomic E-state index is 0.838. The Bertz CT molecular complexity index is 662. The van der Waals surface area contributed by atoms with Crippen LogP contribution in [0.1, 0.15) is 18.4 Å². The van der Waals surface area contributed by atoms with Gasteiger partial charge in [0.15, 0.2) is 0 Å². The molecule has 114 valence electrons. The van der Waals surface area contributed by atoms with E-state index in [1.54, 1.807) is 0 Å². The molecule has 2 aromatic rings. The summed E-state index contributed by atoms with van der Waals surface area (Å²) in [7, 11) is 2.11. The molecule has 0 bridgehead atoms. The Morgan fingerprint density at radius 2 is 1.73 bits per heavy atom. The topological polar surface area (TPSA) is 15.7 Å². The van der Waals surface area contributed by atoms with E-state index in [4.69, 9.17) is 4.74 Å². The molecule has 0 unspecified atom stereocenters. The van der Waals surface area contributed by atoms with Crippen LogP contribution in [0.3, 0.4) is 0 Å². The molecule has 2 aliphatic heterocycles. The molecule has 0 atom stereocenters. The highest BCUT2D eigenvalue weighted by atomic mass is 16.5. The molecule has 0 radical (unpaired) electrons. The third-order valence-corrected chi connectivity index (χ3v) is 4.74. The predicted molar refractivity (Wildman–Crippen MR) is 91.6 cm³/mol. The van der Waals surface area contributed by atoms with Crippen molar-refractivity contribution in [1.29, 1.82) is 0 Å². The van der Waals surface area contributed by atoms with Crippen molar-refractivity contribution in [3.63, 3.8) is 0 Å². The maximum atomic E-state index is 5.79. The van der Waals surface area contributed by atoms with E-state index in [1.165, 1.54) is 42.1 Å². The summed E-state index contributed by atoms with van der Waals surface area (Å²) in [5, 5.41) is 0. The molecule has 2 aromatic carbocycles. The van der Waals surface area contributed by atoms with Gasteiger partial charge in [0.25, 0.3) is 0 Å². The molecule has 3 nitrogen and oxygen atoms in total. The molecule has 0 spiro atoms. The molecule has 1 fully saturated rings. The lowest BCUT2D eigenvalue weighted by molar-refractivity contribution is 0.288. The van der Waals surface area contributed by atoms with Crippen molar-refractivity contribution in [3.05, 3.63) is 48.0 Å². The maximum Gasteiger partial charge on any atom is 0.124 e. The normalized spacial score (nSPS) is 16.5. The van der Waals surface area contributed by atoms with Crippen LogP contribution in [0, 0.1) is 0 Å². The van der Waals surface area contributed by atoms with Crippen molar-refractivity contribution >= 4 is 17.1 Å². The van der Waals surface area contributed by atoms with Crippen molar-refractivity contribution < 1.29 is 4.74 Å². The zero-order valence-electron chi connectivity index (χ0n) is 13.1. The first-order valence-corrected chi connectivity index (χ1v) is 8.16. The summed E-state index contributed by atoms with van der Waals surface area (Å²) in [6, 6.07) is 15.4. The van der Waals surface area contributed by atoms with Gasteiger partial charge in [-0.3, -0.25) is 0 Å². The van der Waals surface area contributed by atoms with Gasteiger partial charge >= 0.3 is 0 Å². The largest absolute Gasteiger partial charge is 0.493 e. The van der Waals surface area contributed by atoms with Gasteiger partial charge in [0.05, 0.1) is 6.61 Å². The number of ether oxygens (including phenoxy) is 1. The van der Waals surface area contributed by atoms with Crippen LogP contribution in [0.4, 0.5) is 17.1 Å². The van der Waals surface area contributed by atoms with Crippen LogP contribution in [-0.2, 0) is 6.42 Å². The number of fused-ring (bicyclic) bond motifs is 1. The van der Waals surface area contributed by atoms with E-state index in [1.807, 2.05) is 0 Å². The van der Waals surface area contributed by atoms with E-state index in [9.17, 15) is 0 Å². The number of anilines is 3. The van der Waals surface area contributed by atoms with Gasteiger partial charge in [0, 0.05) is 43.3 Å². The summed E-state index contributed by atoms with van der Waals surface area (Å²) < 4.78 is 5.79. The van der Waals surface area contributed by atoms with Crippen molar-refractivity contribution in [3.8, 4) is 5.75 Å². The molecule has 1 saturated heterocycles. The first-order valence-electron chi connectivity index (χ1n) is 8.16. The number of rotatable bonds is 3. The first kappa shape index (κ1) is 13.5. The fraction of sp³-hybridized carbons (Fsp3) is 0.368. The minimum atomic E-state index is 0.838. The molecule has 0 aromatic heterocycles. The highest BCUT2D eigenvalue weighted by Gasteiger charge is 2.15. The maximum absolute atomic E-state index is 5.79. The molecular weight excluding hydrogens is 272 g/mol.